The summed E-state index contributed by atoms with van der Waals surface area (Å²) in [7, 11) is 0. The lowest BCUT2D eigenvalue weighted by Gasteiger charge is -2.23. The van der Waals surface area contributed by atoms with E-state index >= 15 is 0 Å². The van der Waals surface area contributed by atoms with Gasteiger partial charge in [0, 0.05) is 25.7 Å². The molecule has 2 aliphatic rings. The first kappa shape index (κ1) is 14.4. The fourth-order valence-electron chi connectivity index (χ4n) is 3.61. The Morgan fingerprint density at radius 2 is 1.95 bits per heavy atom. The van der Waals surface area contributed by atoms with E-state index in [4.69, 9.17) is 0 Å². The molecule has 0 radical (unpaired) electrons. The lowest BCUT2D eigenvalue weighted by atomic mass is 10.1. The Balaban J connectivity index is 1.47. The number of hydrogen-bond acceptors (Lipinski definition) is 2. The molecule has 4 heteroatoms. The van der Waals surface area contributed by atoms with E-state index in [1.54, 1.807) is 0 Å². The molecule has 1 atom stereocenters. The van der Waals surface area contributed by atoms with Gasteiger partial charge in [-0.2, -0.15) is 0 Å². The van der Waals surface area contributed by atoms with Crippen LogP contribution in [-0.4, -0.2) is 43.2 Å². The lowest BCUT2D eigenvalue weighted by Crippen LogP contribution is -2.39. The highest BCUT2D eigenvalue weighted by Gasteiger charge is 2.31. The molecule has 2 amide bonds. The third-order valence-corrected chi connectivity index (χ3v) is 4.75. The van der Waals surface area contributed by atoms with Crippen LogP contribution < -0.4 is 10.6 Å². The van der Waals surface area contributed by atoms with Crippen molar-refractivity contribution in [3.8, 4) is 0 Å². The van der Waals surface area contributed by atoms with Gasteiger partial charge in [-0.25, -0.2) is 4.79 Å². The van der Waals surface area contributed by atoms with Gasteiger partial charge in [0.1, 0.15) is 0 Å². The van der Waals surface area contributed by atoms with Crippen molar-refractivity contribution in [3.63, 3.8) is 0 Å². The van der Waals surface area contributed by atoms with Crippen molar-refractivity contribution < 1.29 is 4.79 Å². The average Bonchev–Trinajstić information content (AvgIpc) is 3.11. The Morgan fingerprint density at radius 3 is 2.62 bits per heavy atom. The topological polar surface area (TPSA) is 44.4 Å². The third-order valence-electron chi connectivity index (χ3n) is 4.75. The smallest absolute Gasteiger partial charge is 0.314 e. The quantitative estimate of drug-likeness (QED) is 0.887. The summed E-state index contributed by atoms with van der Waals surface area (Å²) in [5.74, 6) is 0.594. The molecule has 0 bridgehead atoms. The predicted octanol–water partition coefficient (Wildman–Crippen LogP) is 1.79. The number of benzene rings is 1. The van der Waals surface area contributed by atoms with Crippen LogP contribution in [0.15, 0.2) is 24.3 Å². The van der Waals surface area contributed by atoms with Crippen LogP contribution in [-0.2, 0) is 12.8 Å². The van der Waals surface area contributed by atoms with Crippen molar-refractivity contribution in [2.24, 2.45) is 5.92 Å². The molecule has 21 heavy (non-hydrogen) atoms. The molecular weight excluding hydrogens is 262 g/mol. The number of fused-ring (bicyclic) bond motifs is 1. The van der Waals surface area contributed by atoms with E-state index < -0.39 is 0 Å². The summed E-state index contributed by atoms with van der Waals surface area (Å²) in [5.41, 5.74) is 3.04. The summed E-state index contributed by atoms with van der Waals surface area (Å²) < 4.78 is 0. The van der Waals surface area contributed by atoms with Crippen molar-refractivity contribution in [1.29, 1.82) is 0 Å². The average molecular weight is 287 g/mol. The Morgan fingerprint density at radius 1 is 1.24 bits per heavy atom. The molecule has 1 aromatic rings. The first-order chi connectivity index (χ1) is 10.3. The molecule has 4 nitrogen and oxygen atoms in total. The van der Waals surface area contributed by atoms with Crippen molar-refractivity contribution in [1.82, 2.24) is 15.5 Å². The largest absolute Gasteiger partial charge is 0.338 e. The minimum atomic E-state index is -0.0378. The van der Waals surface area contributed by atoms with Crippen LogP contribution in [0.4, 0.5) is 4.79 Å². The molecule has 1 heterocycles. The first-order valence-electron chi connectivity index (χ1n) is 8.08. The van der Waals surface area contributed by atoms with Crippen LogP contribution in [0.2, 0.25) is 0 Å². The summed E-state index contributed by atoms with van der Waals surface area (Å²) in [4.78, 5) is 14.1. The molecule has 0 aromatic heterocycles. The van der Waals surface area contributed by atoms with E-state index in [0.29, 0.717) is 18.5 Å². The van der Waals surface area contributed by atoms with E-state index in [2.05, 4.69) is 39.8 Å². The van der Waals surface area contributed by atoms with Crippen molar-refractivity contribution in [3.05, 3.63) is 35.4 Å². The Kier molecular flexibility index (Phi) is 4.44. The van der Waals surface area contributed by atoms with E-state index in [-0.39, 0.29) is 6.03 Å². The number of likely N-dealkylation sites (tertiary alicyclic amines) is 1. The number of urea groups is 1. The molecule has 1 aromatic carbocycles. The van der Waals surface area contributed by atoms with Crippen LogP contribution in [0, 0.1) is 5.92 Å². The predicted molar refractivity (Wildman–Crippen MR) is 84.4 cm³/mol. The van der Waals surface area contributed by atoms with E-state index in [1.807, 2.05) is 6.92 Å². The Bertz CT molecular complexity index is 478. The second-order valence-corrected chi connectivity index (χ2v) is 6.22. The summed E-state index contributed by atoms with van der Waals surface area (Å²) in [5, 5.41) is 5.76. The van der Waals surface area contributed by atoms with Crippen LogP contribution in [0.3, 0.4) is 0 Å². The molecule has 3 rings (SSSR count). The third kappa shape index (κ3) is 3.38. The highest BCUT2D eigenvalue weighted by molar-refractivity contribution is 5.73. The van der Waals surface area contributed by atoms with Gasteiger partial charge in [-0.1, -0.05) is 24.3 Å². The standard InChI is InChI=1S/C17H25N3O/c1-2-18-17(21)19-11-13-7-8-20(12-13)16-9-14-5-3-4-6-15(14)10-16/h3-6,13,16H,2,7-12H2,1H3,(H2,18,19,21)/t13-/m1/s1. The fraction of sp³-hybridized carbons (Fsp3) is 0.588. The van der Waals surface area contributed by atoms with Crippen LogP contribution >= 0.6 is 0 Å². The summed E-state index contributed by atoms with van der Waals surface area (Å²) in [6.45, 7) is 5.70. The number of carbonyl (C=O) groups excluding carboxylic acids is 1. The highest BCUT2D eigenvalue weighted by atomic mass is 16.2. The molecule has 1 aliphatic carbocycles. The Hall–Kier alpha value is -1.55. The maximum Gasteiger partial charge on any atom is 0.314 e. The molecule has 1 saturated heterocycles. The Labute approximate surface area is 126 Å². The number of nitrogens with one attached hydrogen (secondary N) is 2. The van der Waals surface area contributed by atoms with Gasteiger partial charge in [0.05, 0.1) is 0 Å². The number of amides is 2. The summed E-state index contributed by atoms with van der Waals surface area (Å²) in [6, 6.07) is 9.44. The number of rotatable bonds is 4. The van der Waals surface area contributed by atoms with Gasteiger partial charge in [0.15, 0.2) is 0 Å². The van der Waals surface area contributed by atoms with Gasteiger partial charge in [-0.15, -0.1) is 0 Å². The normalized spacial score (nSPS) is 22.2. The van der Waals surface area contributed by atoms with Crippen LogP contribution in [0.5, 0.6) is 0 Å². The van der Waals surface area contributed by atoms with Gasteiger partial charge in [-0.05, 0) is 49.8 Å². The minimum Gasteiger partial charge on any atom is -0.338 e. The van der Waals surface area contributed by atoms with Gasteiger partial charge in [0.2, 0.25) is 0 Å². The summed E-state index contributed by atoms with van der Waals surface area (Å²) >= 11 is 0. The van der Waals surface area contributed by atoms with Crippen molar-refractivity contribution in [2.45, 2.75) is 32.2 Å². The minimum absolute atomic E-state index is 0.0378. The van der Waals surface area contributed by atoms with E-state index in [1.165, 1.54) is 36.9 Å². The molecule has 1 fully saturated rings. The van der Waals surface area contributed by atoms with E-state index in [9.17, 15) is 4.79 Å². The molecule has 0 saturated carbocycles. The second kappa shape index (κ2) is 6.48. The first-order valence-corrected chi connectivity index (χ1v) is 8.08. The number of nitrogens with zero attached hydrogens (tertiary/aromatic N) is 1. The maximum absolute atomic E-state index is 11.5. The van der Waals surface area contributed by atoms with Crippen molar-refractivity contribution in [2.75, 3.05) is 26.2 Å². The van der Waals surface area contributed by atoms with Crippen LogP contribution in [0.1, 0.15) is 24.5 Å². The zero-order chi connectivity index (χ0) is 14.7. The van der Waals surface area contributed by atoms with Gasteiger partial charge in [0.25, 0.3) is 0 Å². The van der Waals surface area contributed by atoms with Gasteiger partial charge >= 0.3 is 6.03 Å². The summed E-state index contributed by atoms with van der Waals surface area (Å²) in [6.07, 6.45) is 3.57. The number of hydrogen-bond donors (Lipinski definition) is 2. The monoisotopic (exact) mass is 287 g/mol. The molecule has 1 aliphatic heterocycles. The zero-order valence-electron chi connectivity index (χ0n) is 12.8. The zero-order valence-corrected chi connectivity index (χ0v) is 12.8. The van der Waals surface area contributed by atoms with Crippen molar-refractivity contribution >= 4 is 6.03 Å². The number of carbonyl (C=O) groups is 1. The lowest BCUT2D eigenvalue weighted by molar-refractivity contribution is 0.232. The van der Waals surface area contributed by atoms with Gasteiger partial charge < -0.3 is 10.6 Å². The SMILES string of the molecule is CCNC(=O)NC[C@H]1CCN(C2Cc3ccccc3C2)C1. The second-order valence-electron chi connectivity index (χ2n) is 6.22. The molecule has 0 spiro atoms. The molecule has 2 N–H and O–H groups in total. The fourth-order valence-corrected chi connectivity index (χ4v) is 3.61. The maximum atomic E-state index is 11.5. The molecular formula is C17H25N3O. The van der Waals surface area contributed by atoms with Gasteiger partial charge in [-0.3, -0.25) is 4.90 Å². The molecule has 114 valence electrons. The molecule has 0 unspecified atom stereocenters. The van der Waals surface area contributed by atoms with Crippen LogP contribution in [0.25, 0.3) is 0 Å². The van der Waals surface area contributed by atoms with E-state index in [0.717, 1.165) is 13.1 Å². The highest BCUT2D eigenvalue weighted by Crippen LogP contribution is 2.28.